The number of aromatic nitrogens is 1. The van der Waals surface area contributed by atoms with Gasteiger partial charge in [0, 0.05) is 28.8 Å². The smallest absolute Gasteiger partial charge is 0.268 e. The van der Waals surface area contributed by atoms with Crippen molar-refractivity contribution in [3.8, 4) is 0 Å². The Morgan fingerprint density at radius 1 is 1.69 bits per heavy atom. The van der Waals surface area contributed by atoms with Crippen molar-refractivity contribution in [3.05, 3.63) is 22.4 Å². The number of rotatable bonds is 3. The molecule has 0 aromatic carbocycles. The van der Waals surface area contributed by atoms with E-state index in [1.54, 1.807) is 0 Å². The third-order valence-electron chi connectivity index (χ3n) is 2.76. The summed E-state index contributed by atoms with van der Waals surface area (Å²) in [5.74, 6) is -0.0441. The second kappa shape index (κ2) is 4.22. The standard InChI is InChI=1S/C11H16BrN3O/c1-6(2)15-5-7(12)3-10(15)11(16)14-9-4-8(9)13/h3,5-6,8-9H,4,13H2,1-2H3,(H,14,16). The third-order valence-corrected chi connectivity index (χ3v) is 3.19. The Kier molecular flexibility index (Phi) is 3.08. The van der Waals surface area contributed by atoms with Crippen LogP contribution in [0.3, 0.4) is 0 Å². The quantitative estimate of drug-likeness (QED) is 0.887. The van der Waals surface area contributed by atoms with Crippen LogP contribution in [0.25, 0.3) is 0 Å². The SMILES string of the molecule is CC(C)n1cc(Br)cc1C(=O)NC1CC1N. The molecule has 1 fully saturated rings. The van der Waals surface area contributed by atoms with Gasteiger partial charge >= 0.3 is 0 Å². The molecule has 1 aromatic rings. The van der Waals surface area contributed by atoms with Gasteiger partial charge in [-0.1, -0.05) is 0 Å². The van der Waals surface area contributed by atoms with E-state index in [0.717, 1.165) is 10.9 Å². The first-order valence-electron chi connectivity index (χ1n) is 5.43. The van der Waals surface area contributed by atoms with Crippen LogP contribution in [0, 0.1) is 0 Å². The molecule has 88 valence electrons. The Balaban J connectivity index is 2.15. The van der Waals surface area contributed by atoms with Gasteiger partial charge in [-0.25, -0.2) is 0 Å². The zero-order valence-corrected chi connectivity index (χ0v) is 11.0. The molecule has 3 N–H and O–H groups in total. The van der Waals surface area contributed by atoms with E-state index in [0.29, 0.717) is 5.69 Å². The summed E-state index contributed by atoms with van der Waals surface area (Å²) in [6, 6.07) is 2.39. The van der Waals surface area contributed by atoms with Crippen molar-refractivity contribution in [2.75, 3.05) is 0 Å². The van der Waals surface area contributed by atoms with Crippen molar-refractivity contribution in [2.45, 2.75) is 38.4 Å². The highest BCUT2D eigenvalue weighted by Gasteiger charge is 2.35. The zero-order valence-electron chi connectivity index (χ0n) is 9.40. The van der Waals surface area contributed by atoms with Gasteiger partial charge in [-0.2, -0.15) is 0 Å². The van der Waals surface area contributed by atoms with E-state index in [9.17, 15) is 4.79 Å². The van der Waals surface area contributed by atoms with Gasteiger partial charge in [-0.3, -0.25) is 4.79 Å². The molecule has 0 saturated heterocycles. The predicted molar refractivity (Wildman–Crippen MR) is 66.4 cm³/mol. The van der Waals surface area contributed by atoms with E-state index < -0.39 is 0 Å². The van der Waals surface area contributed by atoms with Crippen LogP contribution in [0.2, 0.25) is 0 Å². The normalized spacial score (nSPS) is 23.6. The highest BCUT2D eigenvalue weighted by atomic mass is 79.9. The monoisotopic (exact) mass is 285 g/mol. The van der Waals surface area contributed by atoms with Crippen molar-refractivity contribution in [1.82, 2.24) is 9.88 Å². The van der Waals surface area contributed by atoms with E-state index in [2.05, 4.69) is 21.2 Å². The molecule has 1 amide bonds. The second-order valence-electron chi connectivity index (χ2n) is 4.52. The van der Waals surface area contributed by atoms with Crippen molar-refractivity contribution in [2.24, 2.45) is 5.73 Å². The molecule has 1 aromatic heterocycles. The van der Waals surface area contributed by atoms with Crippen LogP contribution in [0.15, 0.2) is 16.7 Å². The van der Waals surface area contributed by atoms with Crippen LogP contribution in [-0.4, -0.2) is 22.6 Å². The van der Waals surface area contributed by atoms with Gasteiger partial charge in [0.25, 0.3) is 5.91 Å². The lowest BCUT2D eigenvalue weighted by atomic mass is 10.3. The van der Waals surface area contributed by atoms with Crippen LogP contribution in [0.5, 0.6) is 0 Å². The van der Waals surface area contributed by atoms with Crippen molar-refractivity contribution < 1.29 is 4.79 Å². The lowest BCUT2D eigenvalue weighted by Crippen LogP contribution is -2.31. The van der Waals surface area contributed by atoms with Gasteiger partial charge in [0.1, 0.15) is 5.69 Å². The number of carbonyl (C=O) groups excluding carboxylic acids is 1. The average Bonchev–Trinajstić information content (AvgIpc) is 2.74. The number of hydrogen-bond acceptors (Lipinski definition) is 2. The third kappa shape index (κ3) is 2.30. The molecule has 5 heteroatoms. The summed E-state index contributed by atoms with van der Waals surface area (Å²) in [6.45, 7) is 4.10. The molecule has 0 radical (unpaired) electrons. The molecule has 0 spiro atoms. The molecule has 0 aliphatic heterocycles. The fourth-order valence-electron chi connectivity index (χ4n) is 1.68. The first kappa shape index (κ1) is 11.7. The number of carbonyl (C=O) groups is 1. The van der Waals surface area contributed by atoms with E-state index in [1.807, 2.05) is 30.7 Å². The van der Waals surface area contributed by atoms with Gasteiger partial charge < -0.3 is 15.6 Å². The van der Waals surface area contributed by atoms with Crippen LogP contribution < -0.4 is 11.1 Å². The molecule has 16 heavy (non-hydrogen) atoms. The summed E-state index contributed by atoms with van der Waals surface area (Å²) in [5.41, 5.74) is 6.35. The zero-order chi connectivity index (χ0) is 11.9. The minimum Gasteiger partial charge on any atom is -0.346 e. The van der Waals surface area contributed by atoms with E-state index in [-0.39, 0.29) is 24.0 Å². The van der Waals surface area contributed by atoms with E-state index in [1.165, 1.54) is 0 Å². The molecule has 1 heterocycles. The van der Waals surface area contributed by atoms with Crippen molar-refractivity contribution >= 4 is 21.8 Å². The highest BCUT2D eigenvalue weighted by Crippen LogP contribution is 2.22. The Bertz CT molecular complexity index is 413. The minimum atomic E-state index is -0.0441. The maximum Gasteiger partial charge on any atom is 0.268 e. The molecule has 1 saturated carbocycles. The molecule has 1 aliphatic rings. The Morgan fingerprint density at radius 3 is 2.81 bits per heavy atom. The second-order valence-corrected chi connectivity index (χ2v) is 5.44. The van der Waals surface area contributed by atoms with Crippen LogP contribution in [-0.2, 0) is 0 Å². The fourth-order valence-corrected chi connectivity index (χ4v) is 2.12. The predicted octanol–water partition coefficient (Wildman–Crippen LogP) is 1.66. The summed E-state index contributed by atoms with van der Waals surface area (Å²) in [6.07, 6.45) is 2.81. The summed E-state index contributed by atoms with van der Waals surface area (Å²) in [5, 5.41) is 2.92. The number of amides is 1. The molecule has 0 bridgehead atoms. The molecular weight excluding hydrogens is 270 g/mol. The summed E-state index contributed by atoms with van der Waals surface area (Å²) < 4.78 is 2.87. The van der Waals surface area contributed by atoms with E-state index >= 15 is 0 Å². The largest absolute Gasteiger partial charge is 0.346 e. The van der Waals surface area contributed by atoms with Gasteiger partial charge in [-0.15, -0.1) is 0 Å². The molecule has 2 atom stereocenters. The molecule has 2 unspecified atom stereocenters. The van der Waals surface area contributed by atoms with E-state index in [4.69, 9.17) is 5.73 Å². The first-order chi connectivity index (χ1) is 7.49. The molecule has 2 rings (SSSR count). The van der Waals surface area contributed by atoms with Crippen LogP contribution >= 0.6 is 15.9 Å². The van der Waals surface area contributed by atoms with Gasteiger partial charge in [0.15, 0.2) is 0 Å². The van der Waals surface area contributed by atoms with Crippen LogP contribution in [0.4, 0.5) is 0 Å². The lowest BCUT2D eigenvalue weighted by Gasteiger charge is -2.12. The van der Waals surface area contributed by atoms with Crippen molar-refractivity contribution in [1.29, 1.82) is 0 Å². The molecule has 4 nitrogen and oxygen atoms in total. The summed E-state index contributed by atoms with van der Waals surface area (Å²) in [4.78, 5) is 12.0. The maximum atomic E-state index is 12.0. The average molecular weight is 286 g/mol. The fraction of sp³-hybridized carbons (Fsp3) is 0.545. The first-order valence-corrected chi connectivity index (χ1v) is 6.22. The summed E-state index contributed by atoms with van der Waals surface area (Å²) >= 11 is 3.39. The number of nitrogens with zero attached hydrogens (tertiary/aromatic N) is 1. The highest BCUT2D eigenvalue weighted by molar-refractivity contribution is 9.10. The lowest BCUT2D eigenvalue weighted by molar-refractivity contribution is 0.0939. The Morgan fingerprint density at radius 2 is 2.31 bits per heavy atom. The number of halogens is 1. The van der Waals surface area contributed by atoms with Gasteiger partial charge in [0.05, 0.1) is 0 Å². The Hall–Kier alpha value is -0.810. The molecule has 1 aliphatic carbocycles. The van der Waals surface area contributed by atoms with Crippen LogP contribution in [0.1, 0.15) is 36.8 Å². The molecular formula is C11H16BrN3O. The number of nitrogens with two attached hydrogens (primary N) is 1. The number of hydrogen-bond donors (Lipinski definition) is 2. The van der Waals surface area contributed by atoms with Gasteiger partial charge in [0.2, 0.25) is 0 Å². The topological polar surface area (TPSA) is 60.0 Å². The summed E-state index contributed by atoms with van der Waals surface area (Å²) in [7, 11) is 0. The Labute approximate surface area is 103 Å². The minimum absolute atomic E-state index is 0.0441. The van der Waals surface area contributed by atoms with Gasteiger partial charge in [-0.05, 0) is 42.3 Å². The maximum absolute atomic E-state index is 12.0. The number of nitrogens with one attached hydrogen (secondary N) is 1. The van der Waals surface area contributed by atoms with Crippen molar-refractivity contribution in [3.63, 3.8) is 0 Å².